The van der Waals surface area contributed by atoms with E-state index in [2.05, 4.69) is 5.10 Å². The van der Waals surface area contributed by atoms with E-state index in [0.717, 1.165) is 5.39 Å². The quantitative estimate of drug-likeness (QED) is 0.788. The van der Waals surface area contributed by atoms with Crippen LogP contribution in [0.5, 0.6) is 0 Å². The van der Waals surface area contributed by atoms with Crippen LogP contribution in [0, 0.1) is 0 Å². The van der Waals surface area contributed by atoms with E-state index in [1.165, 1.54) is 4.68 Å². The number of hydrogen-bond acceptors (Lipinski definition) is 3. The van der Waals surface area contributed by atoms with Gasteiger partial charge in [-0.1, -0.05) is 41.4 Å². The van der Waals surface area contributed by atoms with Gasteiger partial charge in [-0.2, -0.15) is 5.10 Å². The molecule has 2 N–H and O–H groups in total. The molecule has 0 fully saturated rings. The van der Waals surface area contributed by atoms with Crippen molar-refractivity contribution in [2.45, 2.75) is 6.67 Å². The highest BCUT2D eigenvalue weighted by Gasteiger charge is 2.13. The molecule has 0 aliphatic rings. The number of halogens is 2. The van der Waals surface area contributed by atoms with Crippen molar-refractivity contribution in [2.75, 3.05) is 0 Å². The van der Waals surface area contributed by atoms with Crippen LogP contribution in [-0.4, -0.2) is 9.78 Å². The molecular weight excluding hydrogens is 309 g/mol. The van der Waals surface area contributed by atoms with E-state index in [4.69, 9.17) is 28.9 Å². The Morgan fingerprint density at radius 3 is 2.48 bits per heavy atom. The fourth-order valence-corrected chi connectivity index (χ4v) is 2.74. The molecule has 0 saturated heterocycles. The summed E-state index contributed by atoms with van der Waals surface area (Å²) in [5, 5.41) is 6.63. The van der Waals surface area contributed by atoms with E-state index in [0.29, 0.717) is 26.7 Å². The van der Waals surface area contributed by atoms with Gasteiger partial charge in [0, 0.05) is 16.0 Å². The van der Waals surface area contributed by atoms with Crippen LogP contribution in [-0.2, 0) is 6.67 Å². The van der Waals surface area contributed by atoms with Crippen molar-refractivity contribution in [3.05, 3.63) is 62.9 Å². The van der Waals surface area contributed by atoms with Gasteiger partial charge in [-0.25, -0.2) is 4.68 Å². The molecule has 0 radical (unpaired) electrons. The number of nitrogens with two attached hydrogens (primary N) is 1. The number of fused-ring (bicyclic) bond motifs is 1. The monoisotopic (exact) mass is 319 g/mol. The van der Waals surface area contributed by atoms with Crippen LogP contribution in [0.4, 0.5) is 0 Å². The normalized spacial score (nSPS) is 11.0. The van der Waals surface area contributed by atoms with Crippen LogP contribution < -0.4 is 11.3 Å². The molecule has 106 valence electrons. The zero-order valence-corrected chi connectivity index (χ0v) is 12.4. The Balaban J connectivity index is 2.42. The third kappa shape index (κ3) is 2.42. The first kappa shape index (κ1) is 14.1. The van der Waals surface area contributed by atoms with Gasteiger partial charge in [-0.15, -0.1) is 0 Å². The summed E-state index contributed by atoms with van der Waals surface area (Å²) in [6.45, 7) is 0.00186. The summed E-state index contributed by atoms with van der Waals surface area (Å²) in [6, 6.07) is 12.4. The molecule has 6 heteroatoms. The lowest BCUT2D eigenvalue weighted by atomic mass is 10.1. The average Bonchev–Trinajstić information content (AvgIpc) is 2.49. The summed E-state index contributed by atoms with van der Waals surface area (Å²) in [5.41, 5.74) is 6.69. The van der Waals surface area contributed by atoms with E-state index in [1.807, 2.05) is 12.1 Å². The second-order valence-electron chi connectivity index (χ2n) is 4.51. The van der Waals surface area contributed by atoms with Crippen LogP contribution in [0.15, 0.2) is 47.3 Å². The number of aromatic nitrogens is 2. The third-order valence-corrected chi connectivity index (χ3v) is 3.77. The Morgan fingerprint density at radius 1 is 1.10 bits per heavy atom. The first-order valence-corrected chi connectivity index (χ1v) is 7.03. The molecule has 2 aromatic carbocycles. The van der Waals surface area contributed by atoms with Crippen LogP contribution in [0.2, 0.25) is 10.0 Å². The Morgan fingerprint density at radius 2 is 1.81 bits per heavy atom. The molecule has 0 saturated carbocycles. The fraction of sp³-hybridized carbons (Fsp3) is 0.0667. The van der Waals surface area contributed by atoms with Gasteiger partial charge in [0.2, 0.25) is 0 Å². The molecule has 0 spiro atoms. The standard InChI is InChI=1S/C15H11Cl2N3O/c16-9-5-6-12(13(17)7-9)14-10-3-1-2-4-11(10)15(21)20(8-18)19-14/h1-7H,8,18H2. The van der Waals surface area contributed by atoms with Gasteiger partial charge < -0.3 is 5.73 Å². The minimum atomic E-state index is -0.220. The lowest BCUT2D eigenvalue weighted by Crippen LogP contribution is -2.27. The second-order valence-corrected chi connectivity index (χ2v) is 5.35. The maximum atomic E-state index is 12.2. The number of nitrogens with zero attached hydrogens (tertiary/aromatic N) is 2. The highest BCUT2D eigenvalue weighted by Crippen LogP contribution is 2.32. The minimum Gasteiger partial charge on any atom is -0.312 e. The molecular formula is C15H11Cl2N3O. The lowest BCUT2D eigenvalue weighted by molar-refractivity contribution is 0.607. The lowest BCUT2D eigenvalue weighted by Gasteiger charge is -2.11. The van der Waals surface area contributed by atoms with Gasteiger partial charge in [0.05, 0.1) is 17.1 Å². The predicted octanol–water partition coefficient (Wildman–Crippen LogP) is 3.29. The van der Waals surface area contributed by atoms with E-state index in [1.54, 1.807) is 30.3 Å². The number of rotatable bonds is 2. The Bertz CT molecular complexity index is 890. The van der Waals surface area contributed by atoms with Gasteiger partial charge in [0.1, 0.15) is 5.69 Å². The molecule has 1 heterocycles. The summed E-state index contributed by atoms with van der Waals surface area (Å²) in [6.07, 6.45) is 0. The van der Waals surface area contributed by atoms with Gasteiger partial charge in [0.15, 0.2) is 0 Å². The van der Waals surface area contributed by atoms with Crippen LogP contribution in [0.1, 0.15) is 0 Å². The molecule has 0 amide bonds. The molecule has 3 aromatic rings. The predicted molar refractivity (Wildman–Crippen MR) is 85.6 cm³/mol. The molecule has 0 unspecified atom stereocenters. The first-order valence-electron chi connectivity index (χ1n) is 6.27. The third-order valence-electron chi connectivity index (χ3n) is 3.23. The van der Waals surface area contributed by atoms with Gasteiger partial charge in [-0.3, -0.25) is 4.79 Å². The van der Waals surface area contributed by atoms with Crippen LogP contribution in [0.25, 0.3) is 22.0 Å². The second kappa shape index (κ2) is 5.48. The van der Waals surface area contributed by atoms with Crippen LogP contribution >= 0.6 is 23.2 Å². The van der Waals surface area contributed by atoms with Crippen LogP contribution in [0.3, 0.4) is 0 Å². The highest BCUT2D eigenvalue weighted by molar-refractivity contribution is 6.36. The topological polar surface area (TPSA) is 60.9 Å². The van der Waals surface area contributed by atoms with E-state index >= 15 is 0 Å². The van der Waals surface area contributed by atoms with Crippen molar-refractivity contribution >= 4 is 34.0 Å². The average molecular weight is 320 g/mol. The van der Waals surface area contributed by atoms with Gasteiger partial charge in [0.25, 0.3) is 5.56 Å². The maximum Gasteiger partial charge on any atom is 0.275 e. The van der Waals surface area contributed by atoms with Gasteiger partial charge >= 0.3 is 0 Å². The molecule has 0 aliphatic carbocycles. The Labute approximate surface area is 130 Å². The molecule has 3 rings (SSSR count). The highest BCUT2D eigenvalue weighted by atomic mass is 35.5. The molecule has 21 heavy (non-hydrogen) atoms. The molecule has 0 bridgehead atoms. The van der Waals surface area contributed by atoms with Crippen molar-refractivity contribution in [3.8, 4) is 11.3 Å². The largest absolute Gasteiger partial charge is 0.312 e. The summed E-state index contributed by atoms with van der Waals surface area (Å²) in [5.74, 6) is 0. The maximum absolute atomic E-state index is 12.2. The molecule has 0 atom stereocenters. The van der Waals surface area contributed by atoms with Crippen molar-refractivity contribution in [2.24, 2.45) is 5.73 Å². The van der Waals surface area contributed by atoms with Crippen molar-refractivity contribution in [3.63, 3.8) is 0 Å². The summed E-state index contributed by atoms with van der Waals surface area (Å²) in [7, 11) is 0. The first-order chi connectivity index (χ1) is 10.1. The van der Waals surface area contributed by atoms with Crippen molar-refractivity contribution < 1.29 is 0 Å². The molecule has 1 aromatic heterocycles. The van der Waals surface area contributed by atoms with Gasteiger partial charge in [-0.05, 0) is 24.3 Å². The summed E-state index contributed by atoms with van der Waals surface area (Å²) in [4.78, 5) is 12.2. The zero-order valence-electron chi connectivity index (χ0n) is 10.9. The molecule has 0 aliphatic heterocycles. The smallest absolute Gasteiger partial charge is 0.275 e. The van der Waals surface area contributed by atoms with Crippen molar-refractivity contribution in [1.82, 2.24) is 9.78 Å². The van der Waals surface area contributed by atoms with Crippen molar-refractivity contribution in [1.29, 1.82) is 0 Å². The SMILES string of the molecule is NCn1nc(-c2ccc(Cl)cc2Cl)c2ccccc2c1=O. The van der Waals surface area contributed by atoms with E-state index < -0.39 is 0 Å². The number of benzene rings is 2. The fourth-order valence-electron chi connectivity index (χ4n) is 2.24. The molecule has 4 nitrogen and oxygen atoms in total. The minimum absolute atomic E-state index is 0.00186. The number of hydrogen-bond donors (Lipinski definition) is 1. The summed E-state index contributed by atoms with van der Waals surface area (Å²) < 4.78 is 1.22. The summed E-state index contributed by atoms with van der Waals surface area (Å²) >= 11 is 12.2. The van der Waals surface area contributed by atoms with E-state index in [9.17, 15) is 4.79 Å². The Hall–Kier alpha value is -1.88. The Kier molecular flexibility index (Phi) is 3.68. The van der Waals surface area contributed by atoms with E-state index in [-0.39, 0.29) is 12.2 Å². The zero-order chi connectivity index (χ0) is 15.0.